The quantitative estimate of drug-likeness (QED) is 0.126. The van der Waals surface area contributed by atoms with E-state index in [0.29, 0.717) is 6.61 Å². The molecular formula is C50H34N2OSSi. The van der Waals surface area contributed by atoms with E-state index in [1.54, 1.807) is 0 Å². The number of rotatable bonds is 6. The molecule has 0 atom stereocenters. The first-order valence-corrected chi connectivity index (χ1v) is 21.5. The monoisotopic (exact) mass is 738 g/mol. The molecule has 0 unspecified atom stereocenters. The van der Waals surface area contributed by atoms with Crippen LogP contribution in [-0.4, -0.2) is 17.6 Å². The molecule has 0 amide bonds. The maximum absolute atomic E-state index is 6.07. The lowest BCUT2D eigenvalue weighted by atomic mass is 10.0. The molecule has 0 saturated carbocycles. The highest BCUT2D eigenvalue weighted by molar-refractivity contribution is 7.26. The number of nitrogens with zero attached hydrogens (tertiary/aromatic N) is 2. The Hall–Kier alpha value is -6.53. The van der Waals surface area contributed by atoms with Gasteiger partial charge in [0.15, 0.2) is 13.9 Å². The average molecular weight is 739 g/mol. The maximum atomic E-state index is 6.07. The molecule has 5 heteroatoms. The van der Waals surface area contributed by atoms with Gasteiger partial charge in [-0.2, -0.15) is 0 Å². The van der Waals surface area contributed by atoms with Crippen molar-refractivity contribution in [2.24, 2.45) is 0 Å². The van der Waals surface area contributed by atoms with Crippen LogP contribution >= 0.6 is 11.3 Å². The molecule has 0 aliphatic carbocycles. The van der Waals surface area contributed by atoms with Crippen LogP contribution in [-0.2, 0) is 6.61 Å². The van der Waals surface area contributed by atoms with E-state index in [4.69, 9.17) is 9.72 Å². The van der Waals surface area contributed by atoms with E-state index in [-0.39, 0.29) is 0 Å². The molecule has 0 fully saturated rings. The Bertz CT molecular complexity index is 3020. The van der Waals surface area contributed by atoms with E-state index in [0.717, 1.165) is 33.9 Å². The largest absolute Gasteiger partial charge is 0.483 e. The molecule has 8 aromatic carbocycles. The topological polar surface area (TPSA) is 27.1 Å². The van der Waals surface area contributed by atoms with Crippen molar-refractivity contribution in [3.63, 3.8) is 0 Å². The summed E-state index contributed by atoms with van der Waals surface area (Å²) in [7, 11) is -2.87. The lowest BCUT2D eigenvalue weighted by Gasteiger charge is -2.35. The molecule has 10 aromatic rings. The second-order valence-corrected chi connectivity index (χ2v) is 19.1. The van der Waals surface area contributed by atoms with Crippen LogP contribution in [0, 0.1) is 0 Å². The minimum atomic E-state index is -2.87. The maximum Gasteiger partial charge on any atom is 0.179 e. The fourth-order valence-electron chi connectivity index (χ4n) is 8.78. The highest BCUT2D eigenvalue weighted by atomic mass is 32.1. The second-order valence-electron chi connectivity index (χ2n) is 14.2. The van der Waals surface area contributed by atoms with E-state index in [2.05, 4.69) is 187 Å². The average Bonchev–Trinajstić information content (AvgIpc) is 3.84. The summed E-state index contributed by atoms with van der Waals surface area (Å²) >= 11 is 1.89. The van der Waals surface area contributed by atoms with Gasteiger partial charge in [0.2, 0.25) is 0 Å². The molecule has 0 bridgehead atoms. The van der Waals surface area contributed by atoms with Gasteiger partial charge in [0.05, 0.1) is 16.7 Å². The summed E-state index contributed by atoms with van der Waals surface area (Å²) in [6.07, 6.45) is 0. The molecule has 1 aliphatic rings. The summed E-state index contributed by atoms with van der Waals surface area (Å²) in [4.78, 5) is 4.97. The van der Waals surface area contributed by atoms with Gasteiger partial charge in [0, 0.05) is 20.2 Å². The van der Waals surface area contributed by atoms with E-state index in [9.17, 15) is 0 Å². The highest BCUT2D eigenvalue weighted by Gasteiger charge is 2.41. The van der Waals surface area contributed by atoms with Gasteiger partial charge in [-0.15, -0.1) is 11.3 Å². The Kier molecular flexibility index (Phi) is 7.44. The number of para-hydroxylation sites is 2. The molecule has 0 N–H and O–H groups in total. The zero-order valence-corrected chi connectivity index (χ0v) is 31.7. The van der Waals surface area contributed by atoms with E-state index < -0.39 is 8.07 Å². The molecule has 0 spiro atoms. The minimum absolute atomic E-state index is 0.454. The van der Waals surface area contributed by atoms with Crippen molar-refractivity contribution in [2.75, 3.05) is 0 Å². The smallest absolute Gasteiger partial charge is 0.179 e. The SMILES string of the molecule is c1ccc([Si](c2ccccc2)(c2cccc(-c3ccc4nc5n(c4c3)-c3ccccc3OC5)c2)c2cccc(-c3cccc4c3sc3ccccc34)c2)cc1. The Labute approximate surface area is 324 Å². The van der Waals surface area contributed by atoms with E-state index in [1.807, 2.05) is 23.5 Å². The van der Waals surface area contributed by atoms with Crippen molar-refractivity contribution in [1.29, 1.82) is 0 Å². The minimum Gasteiger partial charge on any atom is -0.483 e. The van der Waals surface area contributed by atoms with Gasteiger partial charge in [-0.25, -0.2) is 4.98 Å². The lowest BCUT2D eigenvalue weighted by Crippen LogP contribution is -2.74. The molecule has 3 nitrogen and oxygen atoms in total. The summed E-state index contributed by atoms with van der Waals surface area (Å²) in [6, 6.07) is 71.6. The zero-order valence-electron chi connectivity index (χ0n) is 29.9. The third-order valence-electron chi connectivity index (χ3n) is 11.2. The number of hydrogen-bond acceptors (Lipinski definition) is 3. The van der Waals surface area contributed by atoms with Crippen molar-refractivity contribution in [2.45, 2.75) is 6.61 Å². The molecule has 2 aromatic heterocycles. The number of hydrogen-bond donors (Lipinski definition) is 0. The Morgan fingerprint density at radius 1 is 0.509 bits per heavy atom. The molecular weight excluding hydrogens is 705 g/mol. The van der Waals surface area contributed by atoms with Crippen LogP contribution in [0.2, 0.25) is 0 Å². The van der Waals surface area contributed by atoms with E-state index in [1.165, 1.54) is 57.6 Å². The van der Waals surface area contributed by atoms with Crippen LogP contribution < -0.4 is 25.5 Å². The van der Waals surface area contributed by atoms with Crippen LogP contribution in [0.4, 0.5) is 0 Å². The second kappa shape index (κ2) is 12.8. The van der Waals surface area contributed by atoms with Crippen LogP contribution in [0.1, 0.15) is 5.82 Å². The van der Waals surface area contributed by atoms with Crippen molar-refractivity contribution < 1.29 is 4.74 Å². The number of ether oxygens (including phenoxy) is 1. The summed E-state index contributed by atoms with van der Waals surface area (Å²) < 4.78 is 11.0. The number of imidazole rings is 1. The first-order chi connectivity index (χ1) is 27.3. The van der Waals surface area contributed by atoms with Crippen molar-refractivity contribution >= 4 is 71.4 Å². The normalized spacial score (nSPS) is 12.4. The Balaban J connectivity index is 1.13. The molecule has 3 heterocycles. The zero-order chi connectivity index (χ0) is 36.3. The predicted octanol–water partition coefficient (Wildman–Crippen LogP) is 10.00. The number of benzene rings is 8. The van der Waals surface area contributed by atoms with Crippen LogP contribution in [0.25, 0.3) is 59.1 Å². The number of aromatic nitrogens is 2. The third kappa shape index (κ3) is 5.04. The number of thiophene rings is 1. The van der Waals surface area contributed by atoms with Crippen molar-refractivity contribution in [3.05, 3.63) is 200 Å². The van der Waals surface area contributed by atoms with Crippen molar-refractivity contribution in [3.8, 4) is 33.7 Å². The molecule has 11 rings (SSSR count). The molecule has 1 aliphatic heterocycles. The third-order valence-corrected chi connectivity index (χ3v) is 17.2. The Morgan fingerprint density at radius 3 is 1.93 bits per heavy atom. The summed E-state index contributed by atoms with van der Waals surface area (Å²) in [6.45, 7) is 0.454. The molecule has 0 radical (unpaired) electrons. The standard InChI is InChI=1S/C50H34N2OSSi/c1-3-16-37(17-4-1)55(38-18-5-2-6-19-38,40-21-12-15-36(31-40)41-23-13-24-43-42-22-7-10-27-48(42)54-50(41)43)39-20-11-14-34(30-39)35-28-29-44-46(32-35)52-45-25-8-9-26-47(45)53-33-49(52)51-44/h1-32H,33H2. The highest BCUT2D eigenvalue weighted by Crippen LogP contribution is 2.40. The van der Waals surface area contributed by atoms with Gasteiger partial charge >= 0.3 is 0 Å². The van der Waals surface area contributed by atoms with Crippen LogP contribution in [0.5, 0.6) is 5.75 Å². The van der Waals surface area contributed by atoms with Gasteiger partial charge in [-0.3, -0.25) is 4.57 Å². The molecule has 260 valence electrons. The number of fused-ring (bicyclic) bond motifs is 8. The van der Waals surface area contributed by atoms with E-state index >= 15 is 0 Å². The fourth-order valence-corrected chi connectivity index (χ4v) is 14.8. The van der Waals surface area contributed by atoms with Gasteiger partial charge in [-0.05, 0) is 73.3 Å². The predicted molar refractivity (Wildman–Crippen MR) is 233 cm³/mol. The van der Waals surface area contributed by atoms with Crippen molar-refractivity contribution in [1.82, 2.24) is 9.55 Å². The Morgan fingerprint density at radius 2 is 1.13 bits per heavy atom. The summed E-state index contributed by atoms with van der Waals surface area (Å²) in [5.41, 5.74) is 7.96. The summed E-state index contributed by atoms with van der Waals surface area (Å²) in [5, 5.41) is 8.04. The molecule has 55 heavy (non-hydrogen) atoms. The van der Waals surface area contributed by atoms with Gasteiger partial charge in [-0.1, -0.05) is 164 Å². The van der Waals surface area contributed by atoms with Gasteiger partial charge in [0.1, 0.15) is 12.4 Å². The first-order valence-electron chi connectivity index (χ1n) is 18.7. The van der Waals surface area contributed by atoms with Gasteiger partial charge in [0.25, 0.3) is 0 Å². The van der Waals surface area contributed by atoms with Crippen LogP contribution in [0.3, 0.4) is 0 Å². The van der Waals surface area contributed by atoms with Crippen LogP contribution in [0.15, 0.2) is 194 Å². The van der Waals surface area contributed by atoms with Gasteiger partial charge < -0.3 is 4.74 Å². The fraction of sp³-hybridized carbons (Fsp3) is 0.0200. The summed E-state index contributed by atoms with van der Waals surface area (Å²) in [5.74, 6) is 1.81. The lowest BCUT2D eigenvalue weighted by molar-refractivity contribution is 0.280. The molecule has 0 saturated heterocycles. The first kappa shape index (κ1) is 31.9.